The molecule has 0 aliphatic carbocycles. The van der Waals surface area contributed by atoms with Gasteiger partial charge in [-0.2, -0.15) is 0 Å². The van der Waals surface area contributed by atoms with Crippen LogP contribution in [0.2, 0.25) is 0 Å². The van der Waals surface area contributed by atoms with Crippen LogP contribution < -0.4 is 5.73 Å². The molecule has 1 aromatic carbocycles. The molecule has 106 valence electrons. The normalized spacial score (nSPS) is 12.6. The van der Waals surface area contributed by atoms with Crippen molar-refractivity contribution in [1.82, 2.24) is 4.90 Å². The van der Waals surface area contributed by atoms with Gasteiger partial charge in [0.25, 0.3) is 0 Å². The first-order chi connectivity index (χ1) is 9.56. The average molecular weight is 352 g/mol. The van der Waals surface area contributed by atoms with E-state index in [1.165, 1.54) is 10.4 Å². The Kier molecular flexibility index (Phi) is 5.34. The molecule has 1 atom stereocenters. The molecule has 3 nitrogen and oxygen atoms in total. The summed E-state index contributed by atoms with van der Waals surface area (Å²) < 4.78 is 1.12. The highest BCUT2D eigenvalue weighted by molar-refractivity contribution is 9.10. The van der Waals surface area contributed by atoms with E-state index in [4.69, 9.17) is 11.1 Å². The van der Waals surface area contributed by atoms with Crippen LogP contribution in [0.4, 0.5) is 0 Å². The Morgan fingerprint density at radius 2 is 2.10 bits per heavy atom. The zero-order chi connectivity index (χ0) is 14.5. The number of thiophene rings is 1. The summed E-state index contributed by atoms with van der Waals surface area (Å²) in [4.78, 5) is 3.54. The maximum Gasteiger partial charge on any atom is 0.0924 e. The van der Waals surface area contributed by atoms with Crippen LogP contribution in [0.25, 0.3) is 0 Å². The quantitative estimate of drug-likeness (QED) is 0.610. The molecule has 0 spiro atoms. The zero-order valence-corrected chi connectivity index (χ0v) is 13.7. The van der Waals surface area contributed by atoms with E-state index >= 15 is 0 Å². The second-order valence-corrected chi connectivity index (χ2v) is 6.71. The van der Waals surface area contributed by atoms with Crippen molar-refractivity contribution in [2.45, 2.75) is 19.0 Å². The first-order valence-corrected chi connectivity index (χ1v) is 8.04. The van der Waals surface area contributed by atoms with E-state index in [1.54, 1.807) is 11.3 Å². The molecule has 20 heavy (non-hydrogen) atoms. The van der Waals surface area contributed by atoms with Crippen LogP contribution in [0.3, 0.4) is 0 Å². The monoisotopic (exact) mass is 351 g/mol. The molecule has 0 amide bonds. The first-order valence-electron chi connectivity index (χ1n) is 6.37. The zero-order valence-electron chi connectivity index (χ0n) is 11.3. The molecule has 1 unspecified atom stereocenters. The van der Waals surface area contributed by atoms with Gasteiger partial charge in [0.05, 0.1) is 5.84 Å². The van der Waals surface area contributed by atoms with Crippen molar-refractivity contribution < 1.29 is 0 Å². The number of hydrogen-bond donors (Lipinski definition) is 2. The lowest BCUT2D eigenvalue weighted by molar-refractivity contribution is 0.243. The van der Waals surface area contributed by atoms with Crippen LogP contribution in [-0.4, -0.2) is 17.8 Å². The van der Waals surface area contributed by atoms with Crippen molar-refractivity contribution in [3.05, 3.63) is 56.7 Å². The van der Waals surface area contributed by atoms with E-state index in [1.807, 2.05) is 18.2 Å². The predicted molar refractivity (Wildman–Crippen MR) is 89.2 cm³/mol. The van der Waals surface area contributed by atoms with E-state index in [9.17, 15) is 0 Å². The number of nitrogens with one attached hydrogen (secondary N) is 1. The molecule has 0 aliphatic rings. The summed E-state index contributed by atoms with van der Waals surface area (Å²) in [5.41, 5.74) is 6.81. The van der Waals surface area contributed by atoms with Crippen LogP contribution in [0.15, 0.2) is 46.3 Å². The minimum atomic E-state index is 0.134. The van der Waals surface area contributed by atoms with Crippen molar-refractivity contribution in [3.63, 3.8) is 0 Å². The molecule has 0 bridgehead atoms. The molecule has 0 aliphatic heterocycles. The highest BCUT2D eigenvalue weighted by Crippen LogP contribution is 2.27. The molecule has 0 saturated heterocycles. The van der Waals surface area contributed by atoms with Gasteiger partial charge < -0.3 is 5.73 Å². The van der Waals surface area contributed by atoms with Crippen LogP contribution in [0, 0.1) is 5.41 Å². The van der Waals surface area contributed by atoms with Gasteiger partial charge in [0.1, 0.15) is 0 Å². The average Bonchev–Trinajstić information content (AvgIpc) is 2.82. The van der Waals surface area contributed by atoms with Crippen LogP contribution in [0.5, 0.6) is 0 Å². The lowest BCUT2D eigenvalue weighted by Gasteiger charge is -2.27. The summed E-state index contributed by atoms with van der Waals surface area (Å²) in [7, 11) is 2.08. The summed E-state index contributed by atoms with van der Waals surface area (Å²) in [6.45, 7) is 0.850. The Morgan fingerprint density at radius 1 is 1.40 bits per heavy atom. The molecule has 0 radical (unpaired) electrons. The third-order valence-electron chi connectivity index (χ3n) is 3.16. The number of hydrogen-bond acceptors (Lipinski definition) is 3. The molecule has 0 fully saturated rings. The van der Waals surface area contributed by atoms with Crippen molar-refractivity contribution in [2.24, 2.45) is 5.73 Å². The number of nitrogens with two attached hydrogens (primary N) is 1. The van der Waals surface area contributed by atoms with Gasteiger partial charge in [-0.25, -0.2) is 0 Å². The number of rotatable bonds is 6. The smallest absolute Gasteiger partial charge is 0.0924 e. The fraction of sp³-hybridized carbons (Fsp3) is 0.267. The minimum absolute atomic E-state index is 0.134. The highest BCUT2D eigenvalue weighted by atomic mass is 79.9. The molecular weight excluding hydrogens is 334 g/mol. The molecule has 2 aromatic rings. The summed E-state index contributed by atoms with van der Waals surface area (Å²) in [6, 6.07) is 12.5. The number of benzene rings is 1. The van der Waals surface area contributed by atoms with E-state index in [2.05, 4.69) is 51.5 Å². The van der Waals surface area contributed by atoms with Gasteiger partial charge in [0.15, 0.2) is 0 Å². The van der Waals surface area contributed by atoms with Crippen LogP contribution in [-0.2, 0) is 6.54 Å². The van der Waals surface area contributed by atoms with Gasteiger partial charge in [0, 0.05) is 33.7 Å². The maximum atomic E-state index is 7.60. The van der Waals surface area contributed by atoms with E-state index in [0.29, 0.717) is 6.42 Å². The summed E-state index contributed by atoms with van der Waals surface area (Å²) >= 11 is 5.22. The largest absolute Gasteiger partial charge is 0.388 e. The van der Waals surface area contributed by atoms with Crippen LogP contribution >= 0.6 is 27.3 Å². The predicted octanol–water partition coefficient (Wildman–Crippen LogP) is 4.01. The summed E-state index contributed by atoms with van der Waals surface area (Å²) in [5, 5.41) is 9.69. The van der Waals surface area contributed by atoms with Crippen molar-refractivity contribution in [3.8, 4) is 0 Å². The third kappa shape index (κ3) is 4.16. The standard InChI is InChI=1S/C15H18BrN3S/c1-19(9-13-7-12(16)10-20-13)14(8-15(17)18)11-5-3-2-4-6-11/h2-7,10,14H,8-9H2,1H3,(H3,17,18). The van der Waals surface area contributed by atoms with Crippen molar-refractivity contribution in [2.75, 3.05) is 7.05 Å². The Bertz CT molecular complexity index is 568. The molecule has 1 aromatic heterocycles. The minimum Gasteiger partial charge on any atom is -0.388 e. The van der Waals surface area contributed by atoms with Gasteiger partial charge in [-0.1, -0.05) is 30.3 Å². The van der Waals surface area contributed by atoms with Gasteiger partial charge in [-0.3, -0.25) is 10.3 Å². The van der Waals surface area contributed by atoms with Gasteiger partial charge in [-0.15, -0.1) is 11.3 Å². The molecule has 5 heteroatoms. The van der Waals surface area contributed by atoms with E-state index < -0.39 is 0 Å². The second-order valence-electron chi connectivity index (χ2n) is 4.80. The second kappa shape index (κ2) is 7.02. The summed E-state index contributed by atoms with van der Waals surface area (Å²) in [5.74, 6) is 0.220. The summed E-state index contributed by atoms with van der Waals surface area (Å²) in [6.07, 6.45) is 0.549. The molecule has 1 heterocycles. The van der Waals surface area contributed by atoms with Crippen molar-refractivity contribution >= 4 is 33.1 Å². The first kappa shape index (κ1) is 15.2. The third-order valence-corrected chi connectivity index (χ3v) is 4.84. The fourth-order valence-corrected chi connectivity index (χ4v) is 3.72. The Balaban J connectivity index is 2.15. The van der Waals surface area contributed by atoms with E-state index in [-0.39, 0.29) is 11.9 Å². The van der Waals surface area contributed by atoms with Gasteiger partial charge in [0.2, 0.25) is 0 Å². The molecular formula is C15H18BrN3S. The molecule has 0 saturated carbocycles. The maximum absolute atomic E-state index is 7.60. The van der Waals surface area contributed by atoms with Gasteiger partial charge in [-0.05, 0) is 34.6 Å². The van der Waals surface area contributed by atoms with Gasteiger partial charge >= 0.3 is 0 Å². The Hall–Kier alpha value is -1.17. The van der Waals surface area contributed by atoms with Crippen molar-refractivity contribution in [1.29, 1.82) is 5.41 Å². The van der Waals surface area contributed by atoms with Crippen LogP contribution in [0.1, 0.15) is 22.9 Å². The number of nitrogens with zero attached hydrogens (tertiary/aromatic N) is 1. The molecule has 3 N–H and O–H groups in total. The highest BCUT2D eigenvalue weighted by Gasteiger charge is 2.18. The Labute approximate surface area is 132 Å². The topological polar surface area (TPSA) is 53.1 Å². The SMILES string of the molecule is CN(Cc1cc(Br)cs1)C(CC(=N)N)c1ccccc1. The number of amidine groups is 1. The Morgan fingerprint density at radius 3 is 2.65 bits per heavy atom. The molecule has 2 rings (SSSR count). The fourth-order valence-electron chi connectivity index (χ4n) is 2.20. The lowest BCUT2D eigenvalue weighted by atomic mass is 10.0. The van der Waals surface area contributed by atoms with E-state index in [0.717, 1.165) is 11.0 Å². The number of halogens is 1. The lowest BCUT2D eigenvalue weighted by Crippen LogP contribution is -2.28.